The molecule has 1 aromatic carbocycles. The quantitative estimate of drug-likeness (QED) is 0.630. The van der Waals surface area contributed by atoms with Gasteiger partial charge in [-0.1, -0.05) is 19.1 Å². The molecule has 0 spiro atoms. The molecule has 0 saturated carbocycles. The van der Waals surface area contributed by atoms with Crippen LogP contribution >= 0.6 is 0 Å². The van der Waals surface area contributed by atoms with Crippen molar-refractivity contribution in [3.8, 4) is 0 Å². The van der Waals surface area contributed by atoms with Gasteiger partial charge in [0.1, 0.15) is 12.4 Å². The van der Waals surface area contributed by atoms with Crippen LogP contribution in [0.3, 0.4) is 0 Å². The standard InChI is InChI=1S/C24H27F3N4O/c1-17-16-32-22(18(2)29-20-8-6-7-19(13-20)24(25,26)27)15-31(17)21-9-10-28-23(14-21)30-11-4-3-5-12-30/h6-10,13-16,23,28-29H,2-5,11-12H2,1H3. The Balaban J connectivity index is 1.50. The fraction of sp³-hybridized carbons (Fsp3) is 0.333. The maximum Gasteiger partial charge on any atom is 0.416 e. The number of anilines is 1. The molecule has 170 valence electrons. The maximum absolute atomic E-state index is 13.0. The van der Waals surface area contributed by atoms with Gasteiger partial charge in [-0.05, 0) is 56.3 Å². The van der Waals surface area contributed by atoms with Gasteiger partial charge >= 0.3 is 6.18 Å². The monoisotopic (exact) mass is 444 g/mol. The number of halogens is 3. The van der Waals surface area contributed by atoms with Crippen molar-refractivity contribution in [2.24, 2.45) is 0 Å². The van der Waals surface area contributed by atoms with Crippen molar-refractivity contribution in [2.45, 2.75) is 38.5 Å². The molecule has 3 aliphatic heterocycles. The summed E-state index contributed by atoms with van der Waals surface area (Å²) < 4.78 is 44.7. The van der Waals surface area contributed by atoms with E-state index in [-0.39, 0.29) is 6.17 Å². The average Bonchev–Trinajstić information content (AvgIpc) is 2.79. The van der Waals surface area contributed by atoms with Crippen LogP contribution in [0.5, 0.6) is 0 Å². The number of hydrogen-bond donors (Lipinski definition) is 2. The zero-order valence-electron chi connectivity index (χ0n) is 18.0. The molecule has 1 saturated heterocycles. The van der Waals surface area contributed by atoms with Gasteiger partial charge in [0.15, 0.2) is 5.76 Å². The predicted molar refractivity (Wildman–Crippen MR) is 119 cm³/mol. The summed E-state index contributed by atoms with van der Waals surface area (Å²) in [5.74, 6) is 0.426. The number of hydrogen-bond acceptors (Lipinski definition) is 5. The Morgan fingerprint density at radius 2 is 2.00 bits per heavy atom. The highest BCUT2D eigenvalue weighted by molar-refractivity contribution is 5.54. The number of nitrogens with zero attached hydrogens (tertiary/aromatic N) is 2. The van der Waals surface area contributed by atoms with E-state index < -0.39 is 11.7 Å². The Bertz CT molecular complexity index is 987. The van der Waals surface area contributed by atoms with Gasteiger partial charge in [-0.25, -0.2) is 0 Å². The Labute approximate surface area is 186 Å². The van der Waals surface area contributed by atoms with Crippen LogP contribution in [0.2, 0.25) is 0 Å². The van der Waals surface area contributed by atoms with E-state index in [1.807, 2.05) is 24.1 Å². The molecule has 32 heavy (non-hydrogen) atoms. The lowest BCUT2D eigenvalue weighted by Gasteiger charge is -2.36. The summed E-state index contributed by atoms with van der Waals surface area (Å²) in [6, 6.07) is 5.00. The van der Waals surface area contributed by atoms with Crippen LogP contribution in [-0.4, -0.2) is 29.1 Å². The summed E-state index contributed by atoms with van der Waals surface area (Å²) in [6.07, 6.45) is 8.90. The minimum absolute atomic E-state index is 0.120. The van der Waals surface area contributed by atoms with E-state index in [0.717, 1.165) is 36.6 Å². The summed E-state index contributed by atoms with van der Waals surface area (Å²) in [7, 11) is 0. The molecular weight excluding hydrogens is 417 g/mol. The highest BCUT2D eigenvalue weighted by atomic mass is 19.4. The minimum atomic E-state index is -4.41. The van der Waals surface area contributed by atoms with Gasteiger partial charge < -0.3 is 20.3 Å². The van der Waals surface area contributed by atoms with Crippen LogP contribution in [0, 0.1) is 0 Å². The minimum Gasteiger partial charge on any atom is -0.459 e. The number of nitrogens with one attached hydrogen (secondary N) is 2. The molecule has 0 radical (unpaired) electrons. The van der Waals surface area contributed by atoms with Gasteiger partial charge in [-0.3, -0.25) is 4.90 Å². The number of alkyl halides is 3. The van der Waals surface area contributed by atoms with Crippen LogP contribution in [0.15, 0.2) is 84.5 Å². The molecule has 0 aliphatic carbocycles. The molecule has 1 fully saturated rings. The lowest BCUT2D eigenvalue weighted by Crippen LogP contribution is -2.46. The molecular formula is C24H27F3N4O. The second kappa shape index (κ2) is 9.16. The average molecular weight is 445 g/mol. The molecule has 5 nitrogen and oxygen atoms in total. The molecule has 1 unspecified atom stereocenters. The molecule has 3 heterocycles. The molecule has 4 rings (SSSR count). The second-order valence-corrected chi connectivity index (χ2v) is 8.06. The summed E-state index contributed by atoms with van der Waals surface area (Å²) in [6.45, 7) is 8.02. The SMILES string of the molecule is C=C(Nc1cccc(C(F)(F)F)c1)C1=CN(C2=CC(N3CCCCC3)NC=C2)C(C)=CO1. The van der Waals surface area contributed by atoms with E-state index in [9.17, 15) is 13.2 Å². The summed E-state index contributed by atoms with van der Waals surface area (Å²) in [5.41, 5.74) is 1.80. The van der Waals surface area contributed by atoms with E-state index in [4.69, 9.17) is 4.74 Å². The van der Waals surface area contributed by atoms with Crippen molar-refractivity contribution in [1.29, 1.82) is 0 Å². The number of ether oxygens (including phenoxy) is 1. The number of dihydropyridines is 1. The molecule has 0 amide bonds. The summed E-state index contributed by atoms with van der Waals surface area (Å²) >= 11 is 0. The lowest BCUT2D eigenvalue weighted by atomic mass is 10.1. The van der Waals surface area contributed by atoms with Crippen molar-refractivity contribution >= 4 is 5.69 Å². The molecule has 3 aliphatic rings. The Morgan fingerprint density at radius 3 is 2.75 bits per heavy atom. The Kier molecular flexibility index (Phi) is 6.32. The zero-order valence-corrected chi connectivity index (χ0v) is 18.0. The zero-order chi connectivity index (χ0) is 22.7. The fourth-order valence-electron chi connectivity index (χ4n) is 3.96. The van der Waals surface area contributed by atoms with E-state index in [1.165, 1.54) is 25.3 Å². The number of allylic oxidation sites excluding steroid dienone is 2. The first-order chi connectivity index (χ1) is 15.3. The number of piperidine rings is 1. The lowest BCUT2D eigenvalue weighted by molar-refractivity contribution is -0.137. The highest BCUT2D eigenvalue weighted by Gasteiger charge is 2.30. The topological polar surface area (TPSA) is 39.8 Å². The van der Waals surface area contributed by atoms with Gasteiger partial charge in [0.05, 0.1) is 23.2 Å². The second-order valence-electron chi connectivity index (χ2n) is 8.06. The number of likely N-dealkylation sites (tertiary alicyclic amines) is 1. The maximum atomic E-state index is 13.0. The first-order valence-corrected chi connectivity index (χ1v) is 10.7. The summed E-state index contributed by atoms with van der Waals surface area (Å²) in [4.78, 5) is 4.41. The Morgan fingerprint density at radius 1 is 1.22 bits per heavy atom. The van der Waals surface area contributed by atoms with Crippen LogP contribution in [-0.2, 0) is 10.9 Å². The van der Waals surface area contributed by atoms with Crippen molar-refractivity contribution in [1.82, 2.24) is 15.1 Å². The molecule has 1 aromatic rings. The fourth-order valence-corrected chi connectivity index (χ4v) is 3.96. The third-order valence-electron chi connectivity index (χ3n) is 5.68. The highest BCUT2D eigenvalue weighted by Crippen LogP contribution is 2.32. The summed E-state index contributed by atoms with van der Waals surface area (Å²) in [5, 5.41) is 6.33. The van der Waals surface area contributed by atoms with E-state index in [2.05, 4.69) is 28.2 Å². The third kappa shape index (κ3) is 5.02. The van der Waals surface area contributed by atoms with Crippen LogP contribution in [0.4, 0.5) is 18.9 Å². The van der Waals surface area contributed by atoms with Crippen LogP contribution in [0.25, 0.3) is 0 Å². The largest absolute Gasteiger partial charge is 0.459 e. The normalized spacial score (nSPS) is 21.7. The van der Waals surface area contributed by atoms with E-state index in [0.29, 0.717) is 17.1 Å². The van der Waals surface area contributed by atoms with E-state index in [1.54, 1.807) is 18.5 Å². The molecule has 8 heteroatoms. The third-order valence-corrected chi connectivity index (χ3v) is 5.68. The smallest absolute Gasteiger partial charge is 0.416 e. The van der Waals surface area contributed by atoms with Gasteiger partial charge in [-0.15, -0.1) is 0 Å². The van der Waals surface area contributed by atoms with Crippen molar-refractivity contribution in [2.75, 3.05) is 18.4 Å². The van der Waals surface area contributed by atoms with Crippen molar-refractivity contribution in [3.63, 3.8) is 0 Å². The molecule has 2 N–H and O–H groups in total. The molecule has 0 bridgehead atoms. The number of benzene rings is 1. The van der Waals surface area contributed by atoms with Gasteiger partial charge in [-0.2, -0.15) is 13.2 Å². The molecule has 0 aromatic heterocycles. The van der Waals surface area contributed by atoms with Gasteiger partial charge in [0.25, 0.3) is 0 Å². The van der Waals surface area contributed by atoms with Crippen LogP contribution < -0.4 is 10.6 Å². The van der Waals surface area contributed by atoms with E-state index >= 15 is 0 Å². The predicted octanol–water partition coefficient (Wildman–Crippen LogP) is 5.48. The molecule has 1 atom stereocenters. The van der Waals surface area contributed by atoms with Gasteiger partial charge in [0, 0.05) is 24.5 Å². The first kappa shape index (κ1) is 22.1. The van der Waals surface area contributed by atoms with Crippen LogP contribution in [0.1, 0.15) is 31.7 Å². The Hall–Kier alpha value is -3.13. The van der Waals surface area contributed by atoms with Crippen molar-refractivity contribution in [3.05, 3.63) is 90.1 Å². The first-order valence-electron chi connectivity index (χ1n) is 10.7. The van der Waals surface area contributed by atoms with Gasteiger partial charge in [0.2, 0.25) is 0 Å². The number of rotatable bonds is 5. The van der Waals surface area contributed by atoms with Crippen molar-refractivity contribution < 1.29 is 17.9 Å².